The van der Waals surface area contributed by atoms with Crippen molar-refractivity contribution in [3.63, 3.8) is 0 Å². The minimum atomic E-state index is -0.476. The topological polar surface area (TPSA) is 59.0 Å². The maximum absolute atomic E-state index is 11.5. The van der Waals surface area contributed by atoms with E-state index in [9.17, 15) is 9.59 Å². The van der Waals surface area contributed by atoms with Gasteiger partial charge in [-0.3, -0.25) is 4.79 Å². The summed E-state index contributed by atoms with van der Waals surface area (Å²) in [5.41, 5.74) is 2.21. The first-order chi connectivity index (χ1) is 8.09. The predicted octanol–water partition coefficient (Wildman–Crippen LogP) is 1.32. The Morgan fingerprint density at radius 2 is 2.00 bits per heavy atom. The number of hydrogen-bond donors (Lipinski definition) is 0. The summed E-state index contributed by atoms with van der Waals surface area (Å²) in [5, 5.41) is 3.77. The van der Waals surface area contributed by atoms with Gasteiger partial charge >= 0.3 is 5.97 Å². The summed E-state index contributed by atoms with van der Waals surface area (Å²) in [6, 6.07) is 7.39. The molecule has 1 heterocycles. The van der Waals surface area contributed by atoms with E-state index in [0.717, 1.165) is 11.3 Å². The van der Waals surface area contributed by atoms with E-state index in [0.29, 0.717) is 12.3 Å². The van der Waals surface area contributed by atoms with Gasteiger partial charge in [-0.2, -0.15) is 0 Å². The number of amides is 1. The quantitative estimate of drug-likeness (QED) is 0.542. The molecule has 0 bridgehead atoms. The van der Waals surface area contributed by atoms with E-state index in [-0.39, 0.29) is 5.91 Å². The second-order valence-corrected chi connectivity index (χ2v) is 3.74. The highest BCUT2D eigenvalue weighted by molar-refractivity contribution is 6.17. The zero-order valence-electron chi connectivity index (χ0n) is 9.64. The molecule has 5 heteroatoms. The molecule has 0 N–H and O–H groups in total. The summed E-state index contributed by atoms with van der Waals surface area (Å²) in [6.45, 7) is 3.11. The molecular weight excluding hydrogens is 220 g/mol. The van der Waals surface area contributed by atoms with Crippen LogP contribution in [-0.2, 0) is 14.4 Å². The van der Waals surface area contributed by atoms with Gasteiger partial charge in [0.05, 0.1) is 12.2 Å². The SMILES string of the molecule is CC(=O)O/N=C1/CN(C(C)=O)c2ccccc21. The Labute approximate surface area is 98.7 Å². The summed E-state index contributed by atoms with van der Waals surface area (Å²) < 4.78 is 0. The van der Waals surface area contributed by atoms with Crippen LogP contribution in [0, 0.1) is 0 Å². The summed E-state index contributed by atoms with van der Waals surface area (Å²) in [5.74, 6) is -0.540. The average Bonchev–Trinajstić information content (AvgIpc) is 2.65. The molecule has 17 heavy (non-hydrogen) atoms. The molecule has 1 aliphatic heterocycles. The smallest absolute Gasteiger partial charge is 0.318 e. The highest BCUT2D eigenvalue weighted by Crippen LogP contribution is 2.28. The molecule has 1 aromatic carbocycles. The number of carbonyl (C=O) groups excluding carboxylic acids is 2. The van der Waals surface area contributed by atoms with E-state index in [1.807, 2.05) is 24.3 Å². The lowest BCUT2D eigenvalue weighted by Crippen LogP contribution is -2.27. The Hall–Kier alpha value is -2.17. The Balaban J connectivity index is 2.38. The van der Waals surface area contributed by atoms with Crippen molar-refractivity contribution in [2.45, 2.75) is 13.8 Å². The van der Waals surface area contributed by atoms with Crippen molar-refractivity contribution in [1.82, 2.24) is 0 Å². The molecule has 0 radical (unpaired) electrons. The Morgan fingerprint density at radius 1 is 1.29 bits per heavy atom. The molecule has 0 saturated heterocycles. The predicted molar refractivity (Wildman–Crippen MR) is 62.8 cm³/mol. The number of oxime groups is 1. The molecular formula is C12H12N2O3. The number of anilines is 1. The monoisotopic (exact) mass is 232 g/mol. The van der Waals surface area contributed by atoms with E-state index in [2.05, 4.69) is 9.99 Å². The molecule has 5 nitrogen and oxygen atoms in total. The lowest BCUT2D eigenvalue weighted by molar-refractivity contribution is -0.140. The van der Waals surface area contributed by atoms with Gasteiger partial charge in [0.1, 0.15) is 5.71 Å². The molecule has 0 atom stereocenters. The molecule has 0 unspecified atom stereocenters. The average molecular weight is 232 g/mol. The van der Waals surface area contributed by atoms with Gasteiger partial charge in [0, 0.05) is 19.4 Å². The van der Waals surface area contributed by atoms with Crippen LogP contribution in [-0.4, -0.2) is 24.1 Å². The van der Waals surface area contributed by atoms with Crippen molar-refractivity contribution >= 4 is 23.3 Å². The standard InChI is InChI=1S/C12H12N2O3/c1-8(15)14-7-11(13-17-9(2)16)10-5-3-4-6-12(10)14/h3-6H,7H2,1-2H3/b13-11-. The van der Waals surface area contributed by atoms with Crippen LogP contribution < -0.4 is 4.90 Å². The Bertz CT molecular complexity index is 508. The fourth-order valence-electron chi connectivity index (χ4n) is 1.75. The zero-order valence-corrected chi connectivity index (χ0v) is 9.64. The molecule has 0 fully saturated rings. The number of para-hydroxylation sites is 1. The van der Waals surface area contributed by atoms with Crippen LogP contribution in [0.1, 0.15) is 19.4 Å². The number of fused-ring (bicyclic) bond motifs is 1. The van der Waals surface area contributed by atoms with Crippen molar-refractivity contribution in [2.75, 3.05) is 11.4 Å². The van der Waals surface area contributed by atoms with Gasteiger partial charge in [0.2, 0.25) is 5.91 Å². The van der Waals surface area contributed by atoms with Gasteiger partial charge in [-0.25, -0.2) is 4.79 Å². The minimum absolute atomic E-state index is 0.0644. The van der Waals surface area contributed by atoms with Gasteiger partial charge in [-0.15, -0.1) is 0 Å². The summed E-state index contributed by atoms with van der Waals surface area (Å²) >= 11 is 0. The number of carbonyl (C=O) groups is 2. The first-order valence-corrected chi connectivity index (χ1v) is 5.21. The van der Waals surface area contributed by atoms with Gasteiger partial charge in [-0.05, 0) is 6.07 Å². The van der Waals surface area contributed by atoms with Crippen LogP contribution in [0.5, 0.6) is 0 Å². The van der Waals surface area contributed by atoms with Crippen molar-refractivity contribution < 1.29 is 14.4 Å². The van der Waals surface area contributed by atoms with Crippen LogP contribution in [0.15, 0.2) is 29.4 Å². The van der Waals surface area contributed by atoms with E-state index in [1.165, 1.54) is 13.8 Å². The molecule has 0 saturated carbocycles. The highest BCUT2D eigenvalue weighted by Gasteiger charge is 2.27. The Kier molecular flexibility index (Phi) is 2.91. The first kappa shape index (κ1) is 11.3. The third kappa shape index (κ3) is 2.18. The van der Waals surface area contributed by atoms with Crippen LogP contribution in [0.2, 0.25) is 0 Å². The lowest BCUT2D eigenvalue weighted by Gasteiger charge is -2.12. The van der Waals surface area contributed by atoms with E-state index < -0.39 is 5.97 Å². The number of benzene rings is 1. The zero-order chi connectivity index (χ0) is 12.4. The van der Waals surface area contributed by atoms with Crippen molar-refractivity contribution in [2.24, 2.45) is 5.16 Å². The van der Waals surface area contributed by atoms with Crippen LogP contribution in [0.25, 0.3) is 0 Å². The molecule has 1 amide bonds. The third-order valence-corrected chi connectivity index (χ3v) is 2.48. The van der Waals surface area contributed by atoms with Gasteiger partial charge in [0.25, 0.3) is 0 Å². The maximum atomic E-state index is 11.5. The Morgan fingerprint density at radius 3 is 2.65 bits per heavy atom. The molecule has 0 spiro atoms. The van der Waals surface area contributed by atoms with E-state index in [4.69, 9.17) is 0 Å². The van der Waals surface area contributed by atoms with Crippen LogP contribution in [0.3, 0.4) is 0 Å². The number of nitrogens with zero attached hydrogens (tertiary/aromatic N) is 2. The van der Waals surface area contributed by atoms with Crippen LogP contribution in [0.4, 0.5) is 5.69 Å². The summed E-state index contributed by atoms with van der Waals surface area (Å²) in [6.07, 6.45) is 0. The first-order valence-electron chi connectivity index (χ1n) is 5.21. The second kappa shape index (κ2) is 4.37. The highest BCUT2D eigenvalue weighted by atomic mass is 16.7. The molecule has 1 aliphatic rings. The fraction of sp³-hybridized carbons (Fsp3) is 0.250. The number of hydrogen-bond acceptors (Lipinski definition) is 4. The summed E-state index contributed by atoms with van der Waals surface area (Å²) in [4.78, 5) is 28.4. The molecule has 0 aromatic heterocycles. The fourth-order valence-corrected chi connectivity index (χ4v) is 1.75. The van der Waals surface area contributed by atoms with Gasteiger partial charge in [0.15, 0.2) is 0 Å². The van der Waals surface area contributed by atoms with Gasteiger partial charge < -0.3 is 9.74 Å². The maximum Gasteiger partial charge on any atom is 0.331 e. The van der Waals surface area contributed by atoms with Crippen molar-refractivity contribution in [3.8, 4) is 0 Å². The summed E-state index contributed by atoms with van der Waals surface area (Å²) in [7, 11) is 0. The normalized spacial score (nSPS) is 15.9. The molecule has 88 valence electrons. The lowest BCUT2D eigenvalue weighted by atomic mass is 10.1. The largest absolute Gasteiger partial charge is 0.331 e. The second-order valence-electron chi connectivity index (χ2n) is 3.74. The van der Waals surface area contributed by atoms with Gasteiger partial charge in [-0.1, -0.05) is 23.4 Å². The van der Waals surface area contributed by atoms with E-state index in [1.54, 1.807) is 4.90 Å². The molecule has 1 aromatic rings. The minimum Gasteiger partial charge on any atom is -0.318 e. The van der Waals surface area contributed by atoms with Crippen molar-refractivity contribution in [3.05, 3.63) is 29.8 Å². The molecule has 0 aliphatic carbocycles. The van der Waals surface area contributed by atoms with Crippen molar-refractivity contribution in [1.29, 1.82) is 0 Å². The van der Waals surface area contributed by atoms with Crippen LogP contribution >= 0.6 is 0 Å². The third-order valence-electron chi connectivity index (χ3n) is 2.48. The van der Waals surface area contributed by atoms with E-state index >= 15 is 0 Å². The number of rotatable bonds is 1. The molecule has 2 rings (SSSR count).